The molecule has 114 valence electrons. The molecule has 0 amide bonds. The molecule has 0 aliphatic carbocycles. The highest BCUT2D eigenvalue weighted by Crippen LogP contribution is 2.17. The van der Waals surface area contributed by atoms with Crippen molar-refractivity contribution in [2.45, 2.75) is 0 Å². The second-order valence-corrected chi connectivity index (χ2v) is 4.91. The molecule has 5 heteroatoms. The number of H-pyrrole nitrogens is 1. The Morgan fingerprint density at radius 2 is 1.87 bits per heavy atom. The minimum Gasteiger partial charge on any atom is -0.466 e. The minimum absolute atomic E-state index is 0.166. The van der Waals surface area contributed by atoms with Crippen LogP contribution in [-0.4, -0.2) is 23.0 Å². The van der Waals surface area contributed by atoms with Gasteiger partial charge < -0.3 is 9.72 Å². The number of methoxy groups -OCH3 is 1. The fraction of sp³-hybridized carbons (Fsp3) is 0.0556. The number of hydrogen-bond donors (Lipinski definition) is 1. The SMILES string of the molecule is COC(=O)C=Cc1ccc(-c2nc3ccccc3c(=O)[nH]2)cc1. The molecule has 0 aliphatic rings. The number of carbonyl (C=O) groups excluding carboxylic acids is 1. The number of rotatable bonds is 3. The van der Waals surface area contributed by atoms with Crippen LogP contribution in [0.15, 0.2) is 59.4 Å². The van der Waals surface area contributed by atoms with Gasteiger partial charge in [-0.3, -0.25) is 4.79 Å². The maximum absolute atomic E-state index is 12.1. The standard InChI is InChI=1S/C18H14N2O3/c1-23-16(21)11-8-12-6-9-13(10-7-12)17-19-15-5-3-2-4-14(15)18(22)20-17/h2-11H,1H3,(H,19,20,22). The zero-order valence-electron chi connectivity index (χ0n) is 12.4. The molecule has 2 aromatic carbocycles. The van der Waals surface area contributed by atoms with Gasteiger partial charge in [0.1, 0.15) is 5.82 Å². The average Bonchev–Trinajstić information content (AvgIpc) is 2.60. The van der Waals surface area contributed by atoms with E-state index in [2.05, 4.69) is 14.7 Å². The third kappa shape index (κ3) is 3.18. The summed E-state index contributed by atoms with van der Waals surface area (Å²) in [5.41, 5.74) is 2.13. The van der Waals surface area contributed by atoms with Gasteiger partial charge in [-0.2, -0.15) is 0 Å². The van der Waals surface area contributed by atoms with Gasteiger partial charge in [0.05, 0.1) is 18.0 Å². The molecule has 0 atom stereocenters. The molecule has 1 N–H and O–H groups in total. The Balaban J connectivity index is 1.95. The van der Waals surface area contributed by atoms with Gasteiger partial charge in [0, 0.05) is 11.6 Å². The molecule has 1 aromatic heterocycles. The first-order valence-corrected chi connectivity index (χ1v) is 7.03. The summed E-state index contributed by atoms with van der Waals surface area (Å²) in [5, 5.41) is 0.564. The van der Waals surface area contributed by atoms with Crippen LogP contribution < -0.4 is 5.56 Å². The van der Waals surface area contributed by atoms with E-state index in [1.165, 1.54) is 13.2 Å². The first-order valence-electron chi connectivity index (χ1n) is 7.03. The zero-order chi connectivity index (χ0) is 16.2. The zero-order valence-corrected chi connectivity index (χ0v) is 12.4. The number of para-hydroxylation sites is 1. The summed E-state index contributed by atoms with van der Waals surface area (Å²) >= 11 is 0. The summed E-state index contributed by atoms with van der Waals surface area (Å²) in [7, 11) is 1.33. The number of nitrogens with one attached hydrogen (secondary N) is 1. The van der Waals surface area contributed by atoms with Crippen molar-refractivity contribution in [2.24, 2.45) is 0 Å². The Morgan fingerprint density at radius 1 is 1.13 bits per heavy atom. The number of benzene rings is 2. The summed E-state index contributed by atoms with van der Waals surface area (Å²) in [6, 6.07) is 14.6. The fourth-order valence-electron chi connectivity index (χ4n) is 2.21. The third-order valence-electron chi connectivity index (χ3n) is 3.41. The number of carbonyl (C=O) groups is 1. The van der Waals surface area contributed by atoms with Crippen molar-refractivity contribution in [1.82, 2.24) is 9.97 Å². The van der Waals surface area contributed by atoms with Gasteiger partial charge in [-0.25, -0.2) is 9.78 Å². The van der Waals surface area contributed by atoms with Crippen molar-refractivity contribution in [3.63, 3.8) is 0 Å². The molecule has 0 aliphatic heterocycles. The van der Waals surface area contributed by atoms with Crippen molar-refractivity contribution in [1.29, 1.82) is 0 Å². The molecule has 23 heavy (non-hydrogen) atoms. The first kappa shape index (κ1) is 14.7. The Kier molecular flexibility index (Phi) is 4.01. The van der Waals surface area contributed by atoms with Crippen LogP contribution in [0.4, 0.5) is 0 Å². The highest BCUT2D eigenvalue weighted by Gasteiger charge is 2.05. The van der Waals surface area contributed by atoms with E-state index in [1.54, 1.807) is 18.2 Å². The first-order chi connectivity index (χ1) is 11.2. The maximum Gasteiger partial charge on any atom is 0.330 e. The Bertz CT molecular complexity index is 940. The highest BCUT2D eigenvalue weighted by atomic mass is 16.5. The third-order valence-corrected chi connectivity index (χ3v) is 3.41. The summed E-state index contributed by atoms with van der Waals surface area (Å²) in [6.07, 6.45) is 3.01. The normalized spacial score (nSPS) is 11.0. The van der Waals surface area contributed by atoms with Crippen LogP contribution in [0.1, 0.15) is 5.56 Å². The number of esters is 1. The predicted molar refractivity (Wildman–Crippen MR) is 88.8 cm³/mol. The monoisotopic (exact) mass is 306 g/mol. The smallest absolute Gasteiger partial charge is 0.330 e. The molecule has 3 rings (SSSR count). The molecule has 5 nitrogen and oxygen atoms in total. The van der Waals surface area contributed by atoms with Crippen molar-refractivity contribution in [2.75, 3.05) is 7.11 Å². The van der Waals surface area contributed by atoms with E-state index < -0.39 is 5.97 Å². The lowest BCUT2D eigenvalue weighted by atomic mass is 10.1. The summed E-state index contributed by atoms with van der Waals surface area (Å²) in [5.74, 6) is 0.104. The van der Waals surface area contributed by atoms with Crippen molar-refractivity contribution < 1.29 is 9.53 Å². The lowest BCUT2D eigenvalue weighted by Crippen LogP contribution is -2.09. The number of hydrogen-bond acceptors (Lipinski definition) is 4. The van der Waals surface area contributed by atoms with Crippen LogP contribution in [0.2, 0.25) is 0 Å². The van der Waals surface area contributed by atoms with E-state index >= 15 is 0 Å². The van der Waals surface area contributed by atoms with E-state index in [4.69, 9.17) is 0 Å². The number of ether oxygens (including phenoxy) is 1. The second-order valence-electron chi connectivity index (χ2n) is 4.91. The fourth-order valence-corrected chi connectivity index (χ4v) is 2.21. The van der Waals surface area contributed by atoms with Gasteiger partial charge in [-0.1, -0.05) is 36.4 Å². The molecule has 1 heterocycles. The molecular weight excluding hydrogens is 292 g/mol. The van der Waals surface area contributed by atoms with E-state index in [-0.39, 0.29) is 5.56 Å². The summed E-state index contributed by atoms with van der Waals surface area (Å²) in [4.78, 5) is 30.4. The molecule has 3 aromatic rings. The topological polar surface area (TPSA) is 72.0 Å². The second kappa shape index (κ2) is 6.27. The largest absolute Gasteiger partial charge is 0.466 e. The predicted octanol–water partition coefficient (Wildman–Crippen LogP) is 2.78. The van der Waals surface area contributed by atoms with Crippen LogP contribution in [0.5, 0.6) is 0 Å². The van der Waals surface area contributed by atoms with Crippen LogP contribution in [0.3, 0.4) is 0 Å². The van der Waals surface area contributed by atoms with Gasteiger partial charge in [0.2, 0.25) is 0 Å². The van der Waals surface area contributed by atoms with Gasteiger partial charge >= 0.3 is 5.97 Å². The van der Waals surface area contributed by atoms with E-state index in [1.807, 2.05) is 36.4 Å². The lowest BCUT2D eigenvalue weighted by Gasteiger charge is -2.03. The lowest BCUT2D eigenvalue weighted by molar-refractivity contribution is -0.134. The van der Waals surface area contributed by atoms with Gasteiger partial charge in [-0.05, 0) is 23.8 Å². The van der Waals surface area contributed by atoms with E-state index in [0.717, 1.165) is 11.1 Å². The Hall–Kier alpha value is -3.21. The van der Waals surface area contributed by atoms with Gasteiger partial charge in [-0.15, -0.1) is 0 Å². The van der Waals surface area contributed by atoms with Crippen LogP contribution in [-0.2, 0) is 9.53 Å². The molecule has 0 bridgehead atoms. The van der Waals surface area contributed by atoms with E-state index in [9.17, 15) is 9.59 Å². The van der Waals surface area contributed by atoms with Crippen molar-refractivity contribution in [3.8, 4) is 11.4 Å². The molecule has 0 fully saturated rings. The van der Waals surface area contributed by atoms with Crippen LogP contribution >= 0.6 is 0 Å². The highest BCUT2D eigenvalue weighted by molar-refractivity contribution is 5.87. The molecular formula is C18H14N2O3. The minimum atomic E-state index is -0.408. The van der Waals surface area contributed by atoms with Crippen molar-refractivity contribution >= 4 is 22.9 Å². The van der Waals surface area contributed by atoms with E-state index in [0.29, 0.717) is 16.7 Å². The van der Waals surface area contributed by atoms with Crippen LogP contribution in [0.25, 0.3) is 28.4 Å². The molecule has 0 radical (unpaired) electrons. The summed E-state index contributed by atoms with van der Waals surface area (Å²) in [6.45, 7) is 0. The maximum atomic E-state index is 12.1. The average molecular weight is 306 g/mol. The number of aromatic nitrogens is 2. The van der Waals surface area contributed by atoms with Crippen LogP contribution in [0, 0.1) is 0 Å². The number of aromatic amines is 1. The Labute approximate surface area is 132 Å². The molecule has 0 saturated carbocycles. The van der Waals surface area contributed by atoms with Gasteiger partial charge in [0.25, 0.3) is 5.56 Å². The number of fused-ring (bicyclic) bond motifs is 1. The Morgan fingerprint density at radius 3 is 2.61 bits per heavy atom. The summed E-state index contributed by atoms with van der Waals surface area (Å²) < 4.78 is 4.54. The molecule has 0 spiro atoms. The molecule has 0 saturated heterocycles. The molecule has 0 unspecified atom stereocenters. The quantitative estimate of drug-likeness (QED) is 0.596. The number of nitrogens with zero attached hydrogens (tertiary/aromatic N) is 1. The van der Waals surface area contributed by atoms with Crippen molar-refractivity contribution in [3.05, 3.63) is 70.5 Å². The van der Waals surface area contributed by atoms with Gasteiger partial charge in [0.15, 0.2) is 0 Å².